The normalized spacial score (nSPS) is 16.4. The predicted molar refractivity (Wildman–Crippen MR) is 202 cm³/mol. The van der Waals surface area contributed by atoms with Crippen LogP contribution in [0.3, 0.4) is 0 Å². The quantitative estimate of drug-likeness (QED) is 0.109. The molecule has 4 aromatic carbocycles. The fourth-order valence-electron chi connectivity index (χ4n) is 5.79. The van der Waals surface area contributed by atoms with Crippen LogP contribution in [0.5, 0.6) is 5.75 Å². The summed E-state index contributed by atoms with van der Waals surface area (Å²) in [5, 5.41) is 24.8. The number of nitrogens with one attached hydrogen (secondary N) is 5. The van der Waals surface area contributed by atoms with Gasteiger partial charge >= 0.3 is 6.09 Å². The van der Waals surface area contributed by atoms with E-state index < -0.39 is 65.5 Å². The molecule has 0 saturated heterocycles. The molecule has 1 aliphatic heterocycles. The highest BCUT2D eigenvalue weighted by molar-refractivity contribution is 6.06. The summed E-state index contributed by atoms with van der Waals surface area (Å²) in [6.45, 7) is 6.86. The third-order valence-electron chi connectivity index (χ3n) is 8.54. The second kappa shape index (κ2) is 17.1. The van der Waals surface area contributed by atoms with Gasteiger partial charge in [-0.3, -0.25) is 19.2 Å². The summed E-state index contributed by atoms with van der Waals surface area (Å²) in [7, 11) is 0. The van der Waals surface area contributed by atoms with Crippen LogP contribution in [0.4, 0.5) is 16.2 Å². The van der Waals surface area contributed by atoms with Gasteiger partial charge in [-0.05, 0) is 69.2 Å². The SMILES string of the molecule is C[C@H](NC(=O)[C@@H](Cc1ccc(OCc2ccccc2)cc1)NC(=O)OC(C)(C)C)C(=O)N[C@H](C[C@@]1(O)C(=O)Nc2ccccc21)C(=O)Nc1ccccc1. The van der Waals surface area contributed by atoms with Gasteiger partial charge in [0.05, 0.1) is 0 Å². The number of aliphatic hydroxyl groups is 1. The lowest BCUT2D eigenvalue weighted by Crippen LogP contribution is -2.57. The van der Waals surface area contributed by atoms with Crippen molar-refractivity contribution >= 4 is 41.1 Å². The Hall–Kier alpha value is -6.21. The number of rotatable bonds is 14. The first-order valence-electron chi connectivity index (χ1n) is 17.6. The van der Waals surface area contributed by atoms with Crippen molar-refractivity contribution in [2.45, 2.75) is 76.5 Å². The summed E-state index contributed by atoms with van der Waals surface area (Å²) in [6.07, 6.45) is -1.29. The largest absolute Gasteiger partial charge is 0.489 e. The molecule has 4 aromatic rings. The maximum atomic E-state index is 13.7. The smallest absolute Gasteiger partial charge is 0.408 e. The van der Waals surface area contributed by atoms with Gasteiger partial charge in [-0.2, -0.15) is 0 Å². The van der Waals surface area contributed by atoms with E-state index in [4.69, 9.17) is 9.47 Å². The first kappa shape index (κ1) is 39.0. The van der Waals surface area contributed by atoms with Crippen LogP contribution in [0.25, 0.3) is 0 Å². The molecule has 0 radical (unpaired) electrons. The molecular formula is C41H45N5O8. The predicted octanol–water partition coefficient (Wildman–Crippen LogP) is 4.56. The minimum Gasteiger partial charge on any atom is -0.489 e. The van der Waals surface area contributed by atoms with E-state index in [1.807, 2.05) is 30.3 Å². The van der Waals surface area contributed by atoms with Crippen molar-refractivity contribution in [1.29, 1.82) is 0 Å². The Morgan fingerprint density at radius 3 is 2.04 bits per heavy atom. The van der Waals surface area contributed by atoms with E-state index in [0.717, 1.165) is 5.56 Å². The average Bonchev–Trinajstić information content (AvgIpc) is 3.39. The van der Waals surface area contributed by atoms with Crippen molar-refractivity contribution in [3.05, 3.63) is 126 Å². The molecule has 1 heterocycles. The number of fused-ring (bicyclic) bond motifs is 1. The molecule has 0 aliphatic carbocycles. The Morgan fingerprint density at radius 1 is 0.741 bits per heavy atom. The van der Waals surface area contributed by atoms with Crippen LogP contribution in [0.15, 0.2) is 109 Å². The zero-order chi connectivity index (χ0) is 38.9. The van der Waals surface area contributed by atoms with Crippen LogP contribution >= 0.6 is 0 Å². The Bertz CT molecular complexity index is 1950. The molecule has 1 aliphatic rings. The van der Waals surface area contributed by atoms with Gasteiger partial charge in [-0.1, -0.05) is 78.9 Å². The van der Waals surface area contributed by atoms with Crippen molar-refractivity contribution < 1.29 is 38.6 Å². The van der Waals surface area contributed by atoms with Crippen molar-refractivity contribution in [3.8, 4) is 5.75 Å². The number of hydrogen-bond acceptors (Lipinski definition) is 8. The highest BCUT2D eigenvalue weighted by Gasteiger charge is 2.48. The molecule has 5 amide bonds. The lowest BCUT2D eigenvalue weighted by atomic mass is 9.88. The second-order valence-electron chi connectivity index (χ2n) is 14.0. The fourth-order valence-corrected chi connectivity index (χ4v) is 5.79. The second-order valence-corrected chi connectivity index (χ2v) is 14.0. The molecule has 13 nitrogen and oxygen atoms in total. The first-order chi connectivity index (χ1) is 25.7. The van der Waals surface area contributed by atoms with Crippen LogP contribution in [-0.4, -0.2) is 58.6 Å². The Labute approximate surface area is 313 Å². The van der Waals surface area contributed by atoms with Gasteiger partial charge in [0.2, 0.25) is 17.7 Å². The number of alkyl carbamates (subject to hydrolysis) is 1. The number of amides is 5. The van der Waals surface area contributed by atoms with Gasteiger partial charge in [-0.15, -0.1) is 0 Å². The Kier molecular flexibility index (Phi) is 12.3. The summed E-state index contributed by atoms with van der Waals surface area (Å²) in [4.78, 5) is 66.8. The Morgan fingerprint density at radius 2 is 1.37 bits per heavy atom. The molecule has 54 heavy (non-hydrogen) atoms. The molecule has 13 heteroatoms. The minimum absolute atomic E-state index is 0.0437. The molecule has 4 atom stereocenters. The molecule has 0 saturated carbocycles. The van der Waals surface area contributed by atoms with E-state index in [2.05, 4.69) is 26.6 Å². The zero-order valence-corrected chi connectivity index (χ0v) is 30.6. The molecule has 0 aromatic heterocycles. The molecule has 282 valence electrons. The molecule has 5 rings (SSSR count). The van der Waals surface area contributed by atoms with Gasteiger partial charge < -0.3 is 41.2 Å². The van der Waals surface area contributed by atoms with Crippen LogP contribution in [0.1, 0.15) is 50.8 Å². The van der Waals surface area contributed by atoms with E-state index in [1.165, 1.54) is 6.92 Å². The third kappa shape index (κ3) is 10.4. The number of benzene rings is 4. The highest BCUT2D eigenvalue weighted by Crippen LogP contribution is 2.39. The van der Waals surface area contributed by atoms with E-state index in [9.17, 15) is 29.1 Å². The maximum Gasteiger partial charge on any atom is 0.408 e. The molecule has 6 N–H and O–H groups in total. The minimum atomic E-state index is -2.14. The molecule has 0 fully saturated rings. The molecule has 0 bridgehead atoms. The van der Waals surface area contributed by atoms with E-state index in [-0.39, 0.29) is 12.0 Å². The van der Waals surface area contributed by atoms with Crippen LogP contribution in [-0.2, 0) is 42.5 Å². The van der Waals surface area contributed by atoms with E-state index >= 15 is 0 Å². The summed E-state index contributed by atoms with van der Waals surface area (Å²) in [6, 6.07) is 28.0. The maximum absolute atomic E-state index is 13.7. The van der Waals surface area contributed by atoms with Crippen molar-refractivity contribution in [3.63, 3.8) is 0 Å². The fraction of sp³-hybridized carbons (Fsp3) is 0.293. The number of carbonyl (C=O) groups excluding carboxylic acids is 5. The van der Waals surface area contributed by atoms with Gasteiger partial charge in [-0.25, -0.2) is 4.79 Å². The lowest BCUT2D eigenvalue weighted by molar-refractivity contribution is -0.138. The number of hydrogen-bond donors (Lipinski definition) is 6. The van der Waals surface area contributed by atoms with Gasteiger partial charge in [0.25, 0.3) is 5.91 Å². The summed E-state index contributed by atoms with van der Waals surface area (Å²) in [5.41, 5.74) is -0.209. The standard InChI is InChI=1S/C41H45N5O8/c1-26(35(47)44-34(37(49)43-29-15-9-6-10-16-29)24-41(52)31-17-11-12-18-32(31)45-38(41)50)42-36(48)33(46-39(51)54-40(2,3)4)23-27-19-21-30(22-20-27)53-25-28-13-7-5-8-14-28/h5-22,26,33-34,52H,23-25H2,1-4H3,(H,42,48)(H,43,49)(H,44,47)(H,45,50)(H,46,51)/t26-,33+,34+,41-/m0/s1. The first-order valence-corrected chi connectivity index (χ1v) is 17.6. The van der Waals surface area contributed by atoms with Gasteiger partial charge in [0.15, 0.2) is 5.60 Å². The van der Waals surface area contributed by atoms with Gasteiger partial charge in [0, 0.05) is 29.8 Å². The number of para-hydroxylation sites is 2. The summed E-state index contributed by atoms with van der Waals surface area (Å²) >= 11 is 0. The molecule has 0 unspecified atom stereocenters. The lowest BCUT2D eigenvalue weighted by Gasteiger charge is -2.28. The van der Waals surface area contributed by atoms with E-state index in [0.29, 0.717) is 29.3 Å². The summed E-state index contributed by atoms with van der Waals surface area (Å²) in [5.74, 6) is -2.30. The Balaban J connectivity index is 1.29. The third-order valence-corrected chi connectivity index (χ3v) is 8.54. The van der Waals surface area contributed by atoms with Gasteiger partial charge in [0.1, 0.15) is 36.1 Å². The summed E-state index contributed by atoms with van der Waals surface area (Å²) < 4.78 is 11.3. The topological polar surface area (TPSA) is 184 Å². The zero-order valence-electron chi connectivity index (χ0n) is 30.6. The number of ether oxygens (including phenoxy) is 2. The van der Waals surface area contributed by atoms with Crippen molar-refractivity contribution in [1.82, 2.24) is 16.0 Å². The van der Waals surface area contributed by atoms with Crippen LogP contribution < -0.4 is 31.3 Å². The molecular weight excluding hydrogens is 690 g/mol. The van der Waals surface area contributed by atoms with Crippen LogP contribution in [0.2, 0.25) is 0 Å². The number of carbonyl (C=O) groups is 5. The molecule has 0 spiro atoms. The highest BCUT2D eigenvalue weighted by atomic mass is 16.6. The average molecular weight is 736 g/mol. The van der Waals surface area contributed by atoms with Crippen LogP contribution in [0, 0.1) is 0 Å². The number of anilines is 2. The van der Waals surface area contributed by atoms with Crippen molar-refractivity contribution in [2.75, 3.05) is 10.6 Å². The van der Waals surface area contributed by atoms with Crippen molar-refractivity contribution in [2.24, 2.45) is 0 Å². The monoisotopic (exact) mass is 735 g/mol. The van der Waals surface area contributed by atoms with E-state index in [1.54, 1.807) is 99.6 Å².